The third-order valence-corrected chi connectivity index (χ3v) is 1.90. The standard InChI is InChI=1S/C9H8ClF6N3O2/c1-3(2)20-6-17-5(10)18-7(19-6)21-4(8(11,12)13)9(14,15)16/h3-4H,1-2H3. The van der Waals surface area contributed by atoms with Gasteiger partial charge < -0.3 is 9.47 Å². The molecule has 0 fully saturated rings. The Kier molecular flexibility index (Phi) is 5.07. The second kappa shape index (κ2) is 6.08. The summed E-state index contributed by atoms with van der Waals surface area (Å²) in [6.07, 6.45) is -16.0. The van der Waals surface area contributed by atoms with E-state index >= 15 is 0 Å². The van der Waals surface area contributed by atoms with E-state index in [9.17, 15) is 26.3 Å². The van der Waals surface area contributed by atoms with E-state index in [0.717, 1.165) is 0 Å². The Morgan fingerprint density at radius 3 is 1.67 bits per heavy atom. The molecule has 0 N–H and O–H groups in total. The molecule has 0 atom stereocenters. The summed E-state index contributed by atoms with van der Waals surface area (Å²) in [5, 5.41) is -0.668. The van der Waals surface area contributed by atoms with Crippen molar-refractivity contribution in [2.24, 2.45) is 0 Å². The number of hydrogen-bond acceptors (Lipinski definition) is 5. The predicted octanol–water partition coefficient (Wildman–Crippen LogP) is 3.18. The zero-order valence-electron chi connectivity index (χ0n) is 10.5. The van der Waals surface area contributed by atoms with Gasteiger partial charge in [-0.3, -0.25) is 0 Å². The molecular formula is C9H8ClF6N3O2. The van der Waals surface area contributed by atoms with Crippen LogP contribution >= 0.6 is 11.6 Å². The Hall–Kier alpha value is -1.52. The molecule has 0 radical (unpaired) electrons. The molecule has 0 saturated heterocycles. The molecule has 12 heteroatoms. The van der Waals surface area contributed by atoms with Gasteiger partial charge in [0.15, 0.2) is 0 Å². The number of hydrogen-bond donors (Lipinski definition) is 0. The number of nitrogens with zero attached hydrogens (tertiary/aromatic N) is 3. The summed E-state index contributed by atoms with van der Waals surface area (Å²) in [5.74, 6) is 0. The lowest BCUT2D eigenvalue weighted by molar-refractivity contribution is -0.301. The fourth-order valence-corrected chi connectivity index (χ4v) is 1.20. The van der Waals surface area contributed by atoms with Crippen molar-refractivity contribution in [3.8, 4) is 12.0 Å². The molecule has 120 valence electrons. The first kappa shape index (κ1) is 17.5. The lowest BCUT2D eigenvalue weighted by Gasteiger charge is -2.22. The van der Waals surface area contributed by atoms with Crippen LogP contribution in [0.2, 0.25) is 5.28 Å². The van der Waals surface area contributed by atoms with Crippen LogP contribution in [0, 0.1) is 0 Å². The zero-order chi connectivity index (χ0) is 16.4. The third kappa shape index (κ3) is 5.40. The van der Waals surface area contributed by atoms with Crippen LogP contribution in [0.3, 0.4) is 0 Å². The molecule has 5 nitrogen and oxygen atoms in total. The van der Waals surface area contributed by atoms with Gasteiger partial charge in [0.25, 0.3) is 6.10 Å². The van der Waals surface area contributed by atoms with E-state index in [1.807, 2.05) is 0 Å². The molecule has 1 aromatic heterocycles. The molecule has 1 rings (SSSR count). The molecule has 0 unspecified atom stereocenters. The molecule has 0 aliphatic heterocycles. The van der Waals surface area contributed by atoms with Gasteiger partial charge in [0.2, 0.25) is 5.28 Å². The molecule has 1 aromatic rings. The highest BCUT2D eigenvalue weighted by Gasteiger charge is 2.59. The van der Waals surface area contributed by atoms with Gasteiger partial charge in [0.1, 0.15) is 0 Å². The van der Waals surface area contributed by atoms with Gasteiger partial charge in [-0.1, -0.05) is 0 Å². The van der Waals surface area contributed by atoms with E-state index in [2.05, 4.69) is 19.7 Å². The second-order valence-electron chi connectivity index (χ2n) is 3.92. The van der Waals surface area contributed by atoms with Crippen LogP contribution in [0.25, 0.3) is 0 Å². The highest BCUT2D eigenvalue weighted by molar-refractivity contribution is 6.28. The maximum absolute atomic E-state index is 12.3. The highest BCUT2D eigenvalue weighted by atomic mass is 35.5. The molecular weight excluding hydrogens is 332 g/mol. The third-order valence-electron chi connectivity index (χ3n) is 1.73. The van der Waals surface area contributed by atoms with Gasteiger partial charge in [0, 0.05) is 0 Å². The van der Waals surface area contributed by atoms with E-state index in [-0.39, 0.29) is 0 Å². The molecule has 21 heavy (non-hydrogen) atoms. The van der Waals surface area contributed by atoms with Crippen molar-refractivity contribution in [2.45, 2.75) is 38.4 Å². The summed E-state index contributed by atoms with van der Waals surface area (Å²) in [6.45, 7) is 3.07. The monoisotopic (exact) mass is 339 g/mol. The maximum atomic E-state index is 12.3. The Bertz CT molecular complexity index is 479. The Labute approximate surface area is 119 Å². The quantitative estimate of drug-likeness (QED) is 0.789. The lowest BCUT2D eigenvalue weighted by Crippen LogP contribution is -2.46. The fraction of sp³-hybridized carbons (Fsp3) is 0.667. The molecule has 0 aromatic carbocycles. The zero-order valence-corrected chi connectivity index (χ0v) is 11.2. The summed E-state index contributed by atoms with van der Waals surface area (Å²) < 4.78 is 82.7. The van der Waals surface area contributed by atoms with Crippen molar-refractivity contribution in [3.05, 3.63) is 5.28 Å². The van der Waals surface area contributed by atoms with Gasteiger partial charge >= 0.3 is 24.4 Å². The van der Waals surface area contributed by atoms with Crippen molar-refractivity contribution >= 4 is 11.6 Å². The average Bonchev–Trinajstić information content (AvgIpc) is 2.20. The normalized spacial score (nSPS) is 12.9. The molecule has 0 aliphatic rings. The van der Waals surface area contributed by atoms with Gasteiger partial charge in [-0.2, -0.15) is 36.3 Å². The van der Waals surface area contributed by atoms with Crippen molar-refractivity contribution in [3.63, 3.8) is 0 Å². The van der Waals surface area contributed by atoms with E-state index < -0.39 is 41.9 Å². The minimum atomic E-state index is -5.70. The van der Waals surface area contributed by atoms with Gasteiger partial charge in [-0.25, -0.2) is 0 Å². The highest BCUT2D eigenvalue weighted by Crippen LogP contribution is 2.36. The first-order valence-corrected chi connectivity index (χ1v) is 5.65. The number of alkyl halides is 6. The van der Waals surface area contributed by atoms with Gasteiger partial charge in [-0.15, -0.1) is 4.98 Å². The topological polar surface area (TPSA) is 57.1 Å². The first-order chi connectivity index (χ1) is 9.39. The summed E-state index contributed by atoms with van der Waals surface area (Å²) >= 11 is 5.36. The van der Waals surface area contributed by atoms with Crippen molar-refractivity contribution in [1.29, 1.82) is 0 Å². The number of rotatable bonds is 4. The van der Waals surface area contributed by atoms with Crippen LogP contribution in [-0.2, 0) is 0 Å². The van der Waals surface area contributed by atoms with E-state index in [4.69, 9.17) is 16.3 Å². The summed E-state index contributed by atoms with van der Waals surface area (Å²) in [7, 11) is 0. The van der Waals surface area contributed by atoms with Gasteiger partial charge in [0.05, 0.1) is 6.10 Å². The minimum Gasteiger partial charge on any atom is -0.461 e. The van der Waals surface area contributed by atoms with Crippen LogP contribution in [0.5, 0.6) is 12.0 Å². The van der Waals surface area contributed by atoms with Crippen LogP contribution in [0.4, 0.5) is 26.3 Å². The molecule has 0 amide bonds. The Balaban J connectivity index is 3.07. The minimum absolute atomic E-state index is 0.489. The molecule has 0 spiro atoms. The van der Waals surface area contributed by atoms with E-state index in [1.165, 1.54) is 13.8 Å². The van der Waals surface area contributed by atoms with E-state index in [0.29, 0.717) is 0 Å². The first-order valence-electron chi connectivity index (χ1n) is 5.28. The van der Waals surface area contributed by atoms with Crippen LogP contribution < -0.4 is 9.47 Å². The maximum Gasteiger partial charge on any atom is 0.434 e. The van der Waals surface area contributed by atoms with Crippen molar-refractivity contribution in [1.82, 2.24) is 15.0 Å². The molecule has 0 bridgehead atoms. The van der Waals surface area contributed by atoms with Crippen LogP contribution in [0.15, 0.2) is 0 Å². The molecule has 0 aliphatic carbocycles. The van der Waals surface area contributed by atoms with Crippen molar-refractivity contribution in [2.75, 3.05) is 0 Å². The molecule has 1 heterocycles. The van der Waals surface area contributed by atoms with Crippen LogP contribution in [0.1, 0.15) is 13.8 Å². The predicted molar refractivity (Wildman–Crippen MR) is 57.1 cm³/mol. The second-order valence-corrected chi connectivity index (χ2v) is 4.26. The lowest BCUT2D eigenvalue weighted by atomic mass is 10.3. The SMILES string of the molecule is CC(C)Oc1nc(Cl)nc(OC(C(F)(F)F)C(F)(F)F)n1. The van der Waals surface area contributed by atoms with Crippen molar-refractivity contribution < 1.29 is 35.8 Å². The number of halogens is 7. The van der Waals surface area contributed by atoms with Crippen LogP contribution in [-0.4, -0.2) is 39.5 Å². The number of ether oxygens (including phenoxy) is 2. The molecule has 0 saturated carbocycles. The Morgan fingerprint density at radius 1 is 0.857 bits per heavy atom. The summed E-state index contributed by atoms with van der Waals surface area (Å²) in [6, 6.07) is -1.80. The smallest absolute Gasteiger partial charge is 0.434 e. The number of aromatic nitrogens is 3. The average molecular weight is 340 g/mol. The Morgan fingerprint density at radius 2 is 1.29 bits per heavy atom. The van der Waals surface area contributed by atoms with E-state index in [1.54, 1.807) is 0 Å². The summed E-state index contributed by atoms with van der Waals surface area (Å²) in [4.78, 5) is 9.62. The van der Waals surface area contributed by atoms with Gasteiger partial charge in [-0.05, 0) is 25.4 Å². The fourth-order valence-electron chi connectivity index (χ4n) is 1.06. The summed E-state index contributed by atoms with van der Waals surface area (Å²) in [5.41, 5.74) is 0. The largest absolute Gasteiger partial charge is 0.461 e.